The van der Waals surface area contributed by atoms with Gasteiger partial charge in [0.2, 0.25) is 5.91 Å². The van der Waals surface area contributed by atoms with Gasteiger partial charge < -0.3 is 5.32 Å². The van der Waals surface area contributed by atoms with E-state index in [1.165, 1.54) is 10.7 Å². The van der Waals surface area contributed by atoms with Gasteiger partial charge in [0.15, 0.2) is 0 Å². The molecule has 2 fully saturated rings. The lowest BCUT2D eigenvalue weighted by atomic mass is 9.96. The second-order valence-corrected chi connectivity index (χ2v) is 10.7. The lowest BCUT2D eigenvalue weighted by Crippen LogP contribution is -2.52. The lowest BCUT2D eigenvalue weighted by Gasteiger charge is -2.37. The van der Waals surface area contributed by atoms with Crippen LogP contribution in [0.5, 0.6) is 0 Å². The van der Waals surface area contributed by atoms with Crippen LogP contribution in [0.3, 0.4) is 0 Å². The van der Waals surface area contributed by atoms with E-state index in [2.05, 4.69) is 21.2 Å². The molecule has 0 spiro atoms. The van der Waals surface area contributed by atoms with Crippen molar-refractivity contribution >= 4 is 32.0 Å². The minimum Gasteiger partial charge on any atom is -0.352 e. The highest BCUT2D eigenvalue weighted by molar-refractivity contribution is 9.10. The molecule has 1 amide bonds. The Morgan fingerprint density at radius 3 is 2.61 bits per heavy atom. The van der Waals surface area contributed by atoms with Gasteiger partial charge in [-0.1, -0.05) is 53.4 Å². The van der Waals surface area contributed by atoms with E-state index in [0.29, 0.717) is 19.5 Å². The average Bonchev–Trinajstić information content (AvgIpc) is 2.73. The number of carbonyl (C=O) groups excluding carboxylic acids is 1. The van der Waals surface area contributed by atoms with Crippen LogP contribution < -0.4 is 5.32 Å². The number of carbonyl (C=O) groups is 1. The van der Waals surface area contributed by atoms with Crippen molar-refractivity contribution in [3.8, 4) is 0 Å². The summed E-state index contributed by atoms with van der Waals surface area (Å²) in [5.74, 6) is -0.373. The molecule has 1 saturated carbocycles. The molecule has 0 bridgehead atoms. The summed E-state index contributed by atoms with van der Waals surface area (Å²) in [6.07, 6.45) is 6.66. The van der Waals surface area contributed by atoms with E-state index >= 15 is 0 Å². The Morgan fingerprint density at radius 1 is 1.18 bits per heavy atom. The molecular formula is C20H30BrN3O3S. The maximum Gasteiger partial charge on any atom is 0.281 e. The van der Waals surface area contributed by atoms with E-state index in [0.717, 1.165) is 42.1 Å². The Morgan fingerprint density at radius 2 is 1.89 bits per heavy atom. The first-order valence-electron chi connectivity index (χ1n) is 10.1. The normalized spacial score (nSPS) is 22.3. The van der Waals surface area contributed by atoms with Crippen LogP contribution in [0.1, 0.15) is 50.5 Å². The van der Waals surface area contributed by atoms with Gasteiger partial charge in [-0.05, 0) is 37.3 Å². The molecule has 28 heavy (non-hydrogen) atoms. The van der Waals surface area contributed by atoms with Crippen molar-refractivity contribution < 1.29 is 13.2 Å². The lowest BCUT2D eigenvalue weighted by molar-refractivity contribution is -0.126. The zero-order valence-corrected chi connectivity index (χ0v) is 18.8. The molecular weight excluding hydrogens is 442 g/mol. The molecule has 1 unspecified atom stereocenters. The summed E-state index contributed by atoms with van der Waals surface area (Å²) in [7, 11) is -1.83. The fraction of sp³-hybridized carbons (Fsp3) is 0.650. The number of nitrogens with one attached hydrogen (secondary N) is 1. The SMILES string of the molecule is CN(C1CCCCC1)S(=O)(=O)N1CCCC(C(=O)NCc2ccccc2Br)C1. The molecule has 0 aromatic heterocycles. The maximum absolute atomic E-state index is 13.1. The van der Waals surface area contributed by atoms with Gasteiger partial charge in [-0.15, -0.1) is 0 Å². The molecule has 8 heteroatoms. The van der Waals surface area contributed by atoms with Crippen molar-refractivity contribution in [1.82, 2.24) is 13.9 Å². The van der Waals surface area contributed by atoms with E-state index in [4.69, 9.17) is 0 Å². The number of rotatable bonds is 6. The zero-order valence-electron chi connectivity index (χ0n) is 16.4. The first-order chi connectivity index (χ1) is 13.4. The van der Waals surface area contributed by atoms with Gasteiger partial charge in [0.25, 0.3) is 10.2 Å². The summed E-state index contributed by atoms with van der Waals surface area (Å²) < 4.78 is 30.2. The number of hydrogen-bond donors (Lipinski definition) is 1. The van der Waals surface area contributed by atoms with Gasteiger partial charge >= 0.3 is 0 Å². The van der Waals surface area contributed by atoms with E-state index in [1.54, 1.807) is 11.4 Å². The summed E-state index contributed by atoms with van der Waals surface area (Å²) in [5.41, 5.74) is 1.01. The van der Waals surface area contributed by atoms with Crippen LogP contribution in [0, 0.1) is 5.92 Å². The Bertz CT molecular complexity index is 781. The van der Waals surface area contributed by atoms with Crippen molar-refractivity contribution in [2.45, 2.75) is 57.5 Å². The quantitative estimate of drug-likeness (QED) is 0.691. The Kier molecular flexibility index (Phi) is 7.53. The van der Waals surface area contributed by atoms with Crippen LogP contribution in [-0.2, 0) is 21.5 Å². The molecule has 1 atom stereocenters. The first kappa shape index (κ1) is 21.7. The van der Waals surface area contributed by atoms with E-state index in [9.17, 15) is 13.2 Å². The zero-order chi connectivity index (χ0) is 20.1. The number of halogens is 1. The van der Waals surface area contributed by atoms with Crippen LogP contribution >= 0.6 is 15.9 Å². The van der Waals surface area contributed by atoms with Gasteiger partial charge in [0, 0.05) is 37.2 Å². The van der Waals surface area contributed by atoms with Crippen molar-refractivity contribution in [3.63, 3.8) is 0 Å². The molecule has 1 heterocycles. The predicted molar refractivity (Wildman–Crippen MR) is 114 cm³/mol. The monoisotopic (exact) mass is 471 g/mol. The molecule has 1 aromatic rings. The van der Waals surface area contributed by atoms with Crippen molar-refractivity contribution in [3.05, 3.63) is 34.3 Å². The van der Waals surface area contributed by atoms with Crippen molar-refractivity contribution in [2.75, 3.05) is 20.1 Å². The molecule has 3 rings (SSSR count). The summed E-state index contributed by atoms with van der Waals surface area (Å²) >= 11 is 3.49. The minimum atomic E-state index is -3.52. The highest BCUT2D eigenvalue weighted by atomic mass is 79.9. The molecule has 1 saturated heterocycles. The number of nitrogens with zero attached hydrogens (tertiary/aromatic N) is 2. The smallest absolute Gasteiger partial charge is 0.281 e. The van der Waals surface area contributed by atoms with E-state index in [-0.39, 0.29) is 24.4 Å². The molecule has 1 N–H and O–H groups in total. The van der Waals surface area contributed by atoms with Gasteiger partial charge in [-0.2, -0.15) is 17.0 Å². The summed E-state index contributed by atoms with van der Waals surface area (Å²) in [6, 6.07) is 7.85. The first-order valence-corrected chi connectivity index (χ1v) is 12.3. The molecule has 2 aliphatic rings. The molecule has 6 nitrogen and oxygen atoms in total. The number of amides is 1. The molecule has 0 radical (unpaired) electrons. The van der Waals surface area contributed by atoms with E-state index < -0.39 is 10.2 Å². The Hall–Kier alpha value is -0.960. The molecule has 156 valence electrons. The average molecular weight is 472 g/mol. The number of piperidine rings is 1. The van der Waals surface area contributed by atoms with Crippen LogP contribution in [0.4, 0.5) is 0 Å². The third-order valence-electron chi connectivity index (χ3n) is 5.94. The molecule has 1 aliphatic carbocycles. The number of benzene rings is 1. The Balaban J connectivity index is 1.59. The van der Waals surface area contributed by atoms with Gasteiger partial charge in [0.05, 0.1) is 5.92 Å². The maximum atomic E-state index is 13.1. The van der Waals surface area contributed by atoms with Gasteiger partial charge in [-0.3, -0.25) is 4.79 Å². The fourth-order valence-electron chi connectivity index (χ4n) is 4.15. The van der Waals surface area contributed by atoms with Crippen molar-refractivity contribution in [2.24, 2.45) is 5.92 Å². The topological polar surface area (TPSA) is 69.7 Å². The summed E-state index contributed by atoms with van der Waals surface area (Å²) in [4.78, 5) is 12.7. The summed E-state index contributed by atoms with van der Waals surface area (Å²) in [5, 5.41) is 2.97. The van der Waals surface area contributed by atoms with Crippen LogP contribution in [0.15, 0.2) is 28.7 Å². The highest BCUT2D eigenvalue weighted by Gasteiger charge is 2.37. The largest absolute Gasteiger partial charge is 0.352 e. The molecule has 1 aliphatic heterocycles. The Labute approximate surface area is 177 Å². The third-order valence-corrected chi connectivity index (χ3v) is 8.73. The van der Waals surface area contributed by atoms with Crippen molar-refractivity contribution in [1.29, 1.82) is 0 Å². The molecule has 1 aromatic carbocycles. The second kappa shape index (κ2) is 9.69. The number of hydrogen-bond acceptors (Lipinski definition) is 3. The highest BCUT2D eigenvalue weighted by Crippen LogP contribution is 2.27. The van der Waals surface area contributed by atoms with Gasteiger partial charge in [0.1, 0.15) is 0 Å². The summed E-state index contributed by atoms with van der Waals surface area (Å²) in [6.45, 7) is 1.19. The van der Waals surface area contributed by atoms with Crippen LogP contribution in [-0.4, -0.2) is 49.1 Å². The third kappa shape index (κ3) is 5.14. The van der Waals surface area contributed by atoms with Crippen LogP contribution in [0.2, 0.25) is 0 Å². The fourth-order valence-corrected chi connectivity index (χ4v) is 6.25. The van der Waals surface area contributed by atoms with Gasteiger partial charge in [-0.25, -0.2) is 0 Å². The van der Waals surface area contributed by atoms with Crippen LogP contribution in [0.25, 0.3) is 0 Å². The standard InChI is InChI=1S/C20H30BrN3O3S/c1-23(18-10-3-2-4-11-18)28(26,27)24-13-7-9-17(15-24)20(25)22-14-16-8-5-6-12-19(16)21/h5-6,8,12,17-18H,2-4,7,9-11,13-15H2,1H3,(H,22,25). The van der Waals surface area contributed by atoms with E-state index in [1.807, 2.05) is 24.3 Å². The minimum absolute atomic E-state index is 0.0732. The predicted octanol–water partition coefficient (Wildman–Crippen LogP) is 3.29. The second-order valence-electron chi connectivity index (χ2n) is 7.82.